The van der Waals surface area contributed by atoms with Crippen LogP contribution in [0.3, 0.4) is 0 Å². The average Bonchev–Trinajstić information content (AvgIpc) is 3.05. The Morgan fingerprint density at radius 1 is 1.03 bits per heavy atom. The van der Waals surface area contributed by atoms with E-state index < -0.39 is 0 Å². The Bertz CT molecular complexity index is 617. The molecule has 0 aromatic heterocycles. The maximum atomic E-state index is 11.7. The van der Waals surface area contributed by atoms with E-state index in [2.05, 4.69) is 27.7 Å². The SMILES string of the molecule is COC(=O)CC[C@@H](C)C1CC[C@H]2[C@@H]3C[C@H](O)[C@@H]4C[C@H](C)CC[C@]4(C)[C@H]3CC[C@]12C. The number of methoxy groups -OCH3 is 1. The van der Waals surface area contributed by atoms with Gasteiger partial charge in [0, 0.05) is 6.42 Å². The fourth-order valence-electron chi connectivity index (χ4n) is 9.12. The highest BCUT2D eigenvalue weighted by molar-refractivity contribution is 5.69. The summed E-state index contributed by atoms with van der Waals surface area (Å²) in [6.45, 7) is 9.85. The van der Waals surface area contributed by atoms with Crippen molar-refractivity contribution in [3.63, 3.8) is 0 Å². The number of hydrogen-bond donors (Lipinski definition) is 1. The minimum absolute atomic E-state index is 0.0684. The smallest absolute Gasteiger partial charge is 0.305 e. The molecule has 4 aliphatic carbocycles. The molecule has 4 saturated carbocycles. The van der Waals surface area contributed by atoms with Gasteiger partial charge >= 0.3 is 5.97 Å². The van der Waals surface area contributed by atoms with E-state index in [-0.39, 0.29) is 12.1 Å². The Morgan fingerprint density at radius 2 is 1.72 bits per heavy atom. The summed E-state index contributed by atoms with van der Waals surface area (Å²) in [5, 5.41) is 11.2. The molecule has 4 fully saturated rings. The Hall–Kier alpha value is -0.570. The van der Waals surface area contributed by atoms with Crippen molar-refractivity contribution in [3.8, 4) is 0 Å². The summed E-state index contributed by atoms with van der Waals surface area (Å²) in [4.78, 5) is 11.7. The fourth-order valence-corrected chi connectivity index (χ4v) is 9.12. The number of fused-ring (bicyclic) bond motifs is 5. The van der Waals surface area contributed by atoms with Gasteiger partial charge in [-0.25, -0.2) is 0 Å². The topological polar surface area (TPSA) is 46.5 Å². The highest BCUT2D eigenvalue weighted by atomic mass is 16.5. The molecule has 4 aliphatic rings. The highest BCUT2D eigenvalue weighted by Crippen LogP contribution is 2.68. The van der Waals surface area contributed by atoms with Crippen LogP contribution in [-0.4, -0.2) is 24.3 Å². The monoisotopic (exact) mass is 404 g/mol. The lowest BCUT2D eigenvalue weighted by Gasteiger charge is -2.62. The lowest BCUT2D eigenvalue weighted by molar-refractivity contribution is -0.165. The summed E-state index contributed by atoms with van der Waals surface area (Å²) in [5.74, 6) is 4.80. The van der Waals surface area contributed by atoms with Gasteiger partial charge in [-0.1, -0.05) is 34.1 Å². The van der Waals surface area contributed by atoms with Gasteiger partial charge in [0.1, 0.15) is 0 Å². The normalized spacial score (nSPS) is 50.2. The number of esters is 1. The molecular weight excluding hydrogens is 360 g/mol. The summed E-state index contributed by atoms with van der Waals surface area (Å²) in [7, 11) is 1.50. The van der Waals surface area contributed by atoms with Crippen LogP contribution in [0.1, 0.15) is 91.9 Å². The number of carbonyl (C=O) groups is 1. The average molecular weight is 405 g/mol. The van der Waals surface area contributed by atoms with Crippen LogP contribution >= 0.6 is 0 Å². The number of rotatable bonds is 4. The van der Waals surface area contributed by atoms with E-state index in [0.717, 1.165) is 30.6 Å². The Labute approximate surface area is 178 Å². The fraction of sp³-hybridized carbons (Fsp3) is 0.962. The van der Waals surface area contributed by atoms with Crippen molar-refractivity contribution >= 4 is 5.97 Å². The first-order valence-corrected chi connectivity index (χ1v) is 12.5. The van der Waals surface area contributed by atoms with E-state index in [1.807, 2.05) is 0 Å². The molecule has 0 radical (unpaired) electrons. The first-order chi connectivity index (χ1) is 13.7. The number of carbonyl (C=O) groups excluding carboxylic acids is 1. The van der Waals surface area contributed by atoms with Crippen molar-refractivity contribution in [1.29, 1.82) is 0 Å². The third-order valence-corrected chi connectivity index (χ3v) is 10.7. The van der Waals surface area contributed by atoms with Gasteiger partial charge in [0.15, 0.2) is 0 Å². The van der Waals surface area contributed by atoms with E-state index in [0.29, 0.717) is 40.9 Å². The molecule has 1 N–H and O–H groups in total. The zero-order valence-corrected chi connectivity index (χ0v) is 19.5. The Kier molecular flexibility index (Phi) is 5.86. The van der Waals surface area contributed by atoms with Gasteiger partial charge in [-0.3, -0.25) is 4.79 Å². The molecule has 4 rings (SSSR count). The molecule has 0 saturated heterocycles. The number of ether oxygens (including phenoxy) is 1. The molecule has 3 heteroatoms. The standard InChI is InChI=1S/C26H44O3/c1-16-10-12-26(4)21-11-13-25(3)19(17(2)6-9-24(28)29-5)7-8-20(25)18(21)15-23(27)22(26)14-16/h16-23,27H,6-15H2,1-5H3/t16-,17-,18+,19?,20+,21+,22+,23+,25-,26-/m1/s1. The van der Waals surface area contributed by atoms with Crippen molar-refractivity contribution in [3.05, 3.63) is 0 Å². The minimum atomic E-state index is -0.0952. The van der Waals surface area contributed by atoms with Gasteiger partial charge in [0.2, 0.25) is 0 Å². The first-order valence-electron chi connectivity index (χ1n) is 12.5. The van der Waals surface area contributed by atoms with Crippen LogP contribution in [-0.2, 0) is 9.53 Å². The van der Waals surface area contributed by atoms with Crippen LogP contribution < -0.4 is 0 Å². The molecule has 29 heavy (non-hydrogen) atoms. The summed E-state index contributed by atoms with van der Waals surface area (Å²) in [6, 6.07) is 0. The van der Waals surface area contributed by atoms with Gasteiger partial charge < -0.3 is 9.84 Å². The van der Waals surface area contributed by atoms with E-state index in [1.54, 1.807) is 0 Å². The lowest BCUT2D eigenvalue weighted by Crippen LogP contribution is -2.57. The number of aliphatic hydroxyl groups excluding tert-OH is 1. The minimum Gasteiger partial charge on any atom is -0.469 e. The molecule has 0 aromatic rings. The van der Waals surface area contributed by atoms with Crippen molar-refractivity contribution in [2.75, 3.05) is 7.11 Å². The number of aliphatic hydroxyl groups is 1. The molecule has 166 valence electrons. The van der Waals surface area contributed by atoms with Crippen molar-refractivity contribution < 1.29 is 14.6 Å². The third-order valence-electron chi connectivity index (χ3n) is 10.7. The van der Waals surface area contributed by atoms with E-state index in [4.69, 9.17) is 4.74 Å². The molecule has 0 aliphatic heterocycles. The summed E-state index contributed by atoms with van der Waals surface area (Å²) < 4.78 is 4.88. The van der Waals surface area contributed by atoms with Crippen molar-refractivity contribution in [1.82, 2.24) is 0 Å². The molecule has 0 heterocycles. The molecule has 0 bridgehead atoms. The molecule has 0 spiro atoms. The molecule has 0 aromatic carbocycles. The van der Waals surface area contributed by atoms with Crippen LogP contribution in [0, 0.1) is 52.3 Å². The van der Waals surface area contributed by atoms with Gasteiger partial charge in [-0.05, 0) is 104 Å². The van der Waals surface area contributed by atoms with Crippen LogP contribution in [0.4, 0.5) is 0 Å². The predicted molar refractivity (Wildman–Crippen MR) is 116 cm³/mol. The second-order valence-electron chi connectivity index (χ2n) is 12.0. The summed E-state index contributed by atoms with van der Waals surface area (Å²) >= 11 is 0. The van der Waals surface area contributed by atoms with Crippen molar-refractivity contribution in [2.24, 2.45) is 52.3 Å². The molecule has 1 unspecified atom stereocenters. The summed E-state index contributed by atoms with van der Waals surface area (Å²) in [6.07, 6.45) is 11.7. The van der Waals surface area contributed by atoms with E-state index >= 15 is 0 Å². The Morgan fingerprint density at radius 3 is 2.45 bits per heavy atom. The van der Waals surface area contributed by atoms with E-state index in [1.165, 1.54) is 52.1 Å². The van der Waals surface area contributed by atoms with Gasteiger partial charge in [0.25, 0.3) is 0 Å². The van der Waals surface area contributed by atoms with Gasteiger partial charge in [-0.15, -0.1) is 0 Å². The Balaban J connectivity index is 1.52. The highest BCUT2D eigenvalue weighted by Gasteiger charge is 2.62. The van der Waals surface area contributed by atoms with Crippen molar-refractivity contribution in [2.45, 2.75) is 98.0 Å². The molecule has 0 amide bonds. The zero-order chi connectivity index (χ0) is 21.0. The first kappa shape index (κ1) is 21.7. The van der Waals surface area contributed by atoms with Crippen LogP contribution in [0.2, 0.25) is 0 Å². The lowest BCUT2D eigenvalue weighted by atomic mass is 9.43. The van der Waals surface area contributed by atoms with Gasteiger partial charge in [-0.2, -0.15) is 0 Å². The third kappa shape index (κ3) is 3.48. The van der Waals surface area contributed by atoms with Crippen LogP contribution in [0.25, 0.3) is 0 Å². The predicted octanol–water partition coefficient (Wildman–Crippen LogP) is 5.84. The largest absolute Gasteiger partial charge is 0.469 e. The second kappa shape index (κ2) is 7.84. The molecule has 3 nitrogen and oxygen atoms in total. The zero-order valence-electron chi connectivity index (χ0n) is 19.5. The van der Waals surface area contributed by atoms with Gasteiger partial charge in [0.05, 0.1) is 13.2 Å². The maximum Gasteiger partial charge on any atom is 0.305 e. The number of hydrogen-bond acceptors (Lipinski definition) is 3. The van der Waals surface area contributed by atoms with Crippen LogP contribution in [0.5, 0.6) is 0 Å². The molecular formula is C26H44O3. The van der Waals surface area contributed by atoms with E-state index in [9.17, 15) is 9.90 Å². The summed E-state index contributed by atoms with van der Waals surface area (Å²) in [5.41, 5.74) is 0.742. The molecule has 10 atom stereocenters. The quantitative estimate of drug-likeness (QED) is 0.599. The van der Waals surface area contributed by atoms with Crippen LogP contribution in [0.15, 0.2) is 0 Å². The maximum absolute atomic E-state index is 11.7. The second-order valence-corrected chi connectivity index (χ2v) is 12.0.